The first-order valence-corrected chi connectivity index (χ1v) is 8.19. The third-order valence-electron chi connectivity index (χ3n) is 5.40. The highest BCUT2D eigenvalue weighted by atomic mass is 16.2. The second-order valence-electron chi connectivity index (χ2n) is 6.71. The molecular formula is C16H30N2O. The van der Waals surface area contributed by atoms with Crippen molar-refractivity contribution in [1.82, 2.24) is 5.32 Å². The summed E-state index contributed by atoms with van der Waals surface area (Å²) in [6, 6.07) is 0.318. The molecule has 1 atom stereocenters. The first-order valence-electron chi connectivity index (χ1n) is 8.19. The van der Waals surface area contributed by atoms with Gasteiger partial charge in [-0.2, -0.15) is 0 Å². The number of carbonyl (C=O) groups excluding carboxylic acids is 1. The molecule has 2 fully saturated rings. The fourth-order valence-corrected chi connectivity index (χ4v) is 3.86. The summed E-state index contributed by atoms with van der Waals surface area (Å²) in [6.07, 6.45) is 12.1. The molecule has 110 valence electrons. The van der Waals surface area contributed by atoms with E-state index in [1.807, 2.05) is 0 Å². The number of hydrogen-bond donors (Lipinski definition) is 2. The van der Waals surface area contributed by atoms with Crippen molar-refractivity contribution in [1.29, 1.82) is 0 Å². The van der Waals surface area contributed by atoms with Gasteiger partial charge in [-0.15, -0.1) is 0 Å². The lowest BCUT2D eigenvalue weighted by Crippen LogP contribution is -2.51. The molecule has 0 aromatic rings. The van der Waals surface area contributed by atoms with E-state index >= 15 is 0 Å². The molecule has 3 N–H and O–H groups in total. The summed E-state index contributed by atoms with van der Waals surface area (Å²) < 4.78 is 0. The van der Waals surface area contributed by atoms with E-state index in [0.717, 1.165) is 25.7 Å². The van der Waals surface area contributed by atoms with Gasteiger partial charge in [0.25, 0.3) is 0 Å². The van der Waals surface area contributed by atoms with Crippen LogP contribution in [0.25, 0.3) is 0 Å². The number of rotatable bonds is 4. The van der Waals surface area contributed by atoms with Crippen LogP contribution in [0, 0.1) is 11.3 Å². The van der Waals surface area contributed by atoms with Gasteiger partial charge in [0, 0.05) is 12.6 Å². The van der Waals surface area contributed by atoms with E-state index < -0.39 is 0 Å². The van der Waals surface area contributed by atoms with Crippen LogP contribution in [0.3, 0.4) is 0 Å². The smallest absolute Gasteiger partial charge is 0.227 e. The Bertz CT molecular complexity index is 291. The topological polar surface area (TPSA) is 55.1 Å². The summed E-state index contributed by atoms with van der Waals surface area (Å²) in [5.41, 5.74) is 5.67. The van der Waals surface area contributed by atoms with Crippen LogP contribution in [0.5, 0.6) is 0 Å². The Balaban J connectivity index is 1.90. The van der Waals surface area contributed by atoms with Crippen molar-refractivity contribution >= 4 is 5.91 Å². The van der Waals surface area contributed by atoms with Crippen molar-refractivity contribution in [3.63, 3.8) is 0 Å². The Morgan fingerprint density at radius 2 is 1.74 bits per heavy atom. The second kappa shape index (κ2) is 6.74. The molecule has 3 nitrogen and oxygen atoms in total. The minimum Gasteiger partial charge on any atom is -0.353 e. The SMILES string of the molecule is CC(NC(=O)C1(CN)CCCCC1)C1CCCCC1. The van der Waals surface area contributed by atoms with Crippen LogP contribution in [-0.2, 0) is 4.79 Å². The van der Waals surface area contributed by atoms with Crippen LogP contribution in [0.4, 0.5) is 0 Å². The van der Waals surface area contributed by atoms with Crippen LogP contribution in [0.1, 0.15) is 71.1 Å². The lowest BCUT2D eigenvalue weighted by atomic mass is 9.73. The second-order valence-corrected chi connectivity index (χ2v) is 6.71. The van der Waals surface area contributed by atoms with E-state index in [1.54, 1.807) is 0 Å². The van der Waals surface area contributed by atoms with Crippen LogP contribution < -0.4 is 11.1 Å². The fourth-order valence-electron chi connectivity index (χ4n) is 3.86. The predicted molar refractivity (Wildman–Crippen MR) is 78.8 cm³/mol. The molecule has 19 heavy (non-hydrogen) atoms. The quantitative estimate of drug-likeness (QED) is 0.822. The number of nitrogens with one attached hydrogen (secondary N) is 1. The summed E-state index contributed by atoms with van der Waals surface area (Å²) >= 11 is 0. The van der Waals surface area contributed by atoms with Gasteiger partial charge in [0.2, 0.25) is 5.91 Å². The molecule has 0 radical (unpaired) electrons. The molecule has 2 aliphatic carbocycles. The molecule has 0 aliphatic heterocycles. The van der Waals surface area contributed by atoms with E-state index in [9.17, 15) is 4.79 Å². The van der Waals surface area contributed by atoms with E-state index in [4.69, 9.17) is 5.73 Å². The summed E-state index contributed by atoms with van der Waals surface area (Å²) in [7, 11) is 0. The Morgan fingerprint density at radius 1 is 1.16 bits per heavy atom. The number of amides is 1. The highest BCUT2D eigenvalue weighted by Gasteiger charge is 2.39. The number of hydrogen-bond acceptors (Lipinski definition) is 2. The van der Waals surface area contributed by atoms with Crippen molar-refractivity contribution in [3.8, 4) is 0 Å². The van der Waals surface area contributed by atoms with Crippen LogP contribution >= 0.6 is 0 Å². The summed E-state index contributed by atoms with van der Waals surface area (Å²) in [5.74, 6) is 0.906. The molecule has 1 unspecified atom stereocenters. The number of carbonyl (C=O) groups is 1. The average Bonchev–Trinajstić information content (AvgIpc) is 2.48. The largest absolute Gasteiger partial charge is 0.353 e. The highest BCUT2D eigenvalue weighted by molar-refractivity contribution is 5.83. The zero-order valence-corrected chi connectivity index (χ0v) is 12.4. The molecule has 1 amide bonds. The Hall–Kier alpha value is -0.570. The molecular weight excluding hydrogens is 236 g/mol. The maximum absolute atomic E-state index is 12.6. The van der Waals surface area contributed by atoms with Gasteiger partial charge in [-0.1, -0.05) is 38.5 Å². The minimum absolute atomic E-state index is 0.229. The van der Waals surface area contributed by atoms with E-state index in [1.165, 1.54) is 38.5 Å². The maximum Gasteiger partial charge on any atom is 0.227 e. The lowest BCUT2D eigenvalue weighted by molar-refractivity contribution is -0.133. The van der Waals surface area contributed by atoms with Gasteiger partial charge in [0.05, 0.1) is 5.41 Å². The van der Waals surface area contributed by atoms with Gasteiger partial charge in [-0.05, 0) is 38.5 Å². The standard InChI is InChI=1S/C16H30N2O/c1-13(14-8-4-2-5-9-14)18-15(19)16(12-17)10-6-3-7-11-16/h13-14H,2-12,17H2,1H3,(H,18,19). The van der Waals surface area contributed by atoms with Gasteiger partial charge in [-0.3, -0.25) is 4.79 Å². The fraction of sp³-hybridized carbons (Fsp3) is 0.938. The van der Waals surface area contributed by atoms with Crippen molar-refractivity contribution in [2.24, 2.45) is 17.1 Å². The van der Waals surface area contributed by atoms with E-state index in [0.29, 0.717) is 18.5 Å². The molecule has 2 rings (SSSR count). The summed E-state index contributed by atoms with van der Waals surface area (Å²) in [5, 5.41) is 3.29. The maximum atomic E-state index is 12.6. The zero-order valence-electron chi connectivity index (χ0n) is 12.4. The molecule has 0 aromatic carbocycles. The van der Waals surface area contributed by atoms with E-state index in [-0.39, 0.29) is 11.3 Å². The van der Waals surface area contributed by atoms with Crippen LogP contribution in [-0.4, -0.2) is 18.5 Å². The minimum atomic E-state index is -0.263. The Morgan fingerprint density at radius 3 is 2.32 bits per heavy atom. The molecule has 0 saturated heterocycles. The summed E-state index contributed by atoms with van der Waals surface area (Å²) in [6.45, 7) is 2.69. The molecule has 2 saturated carbocycles. The third kappa shape index (κ3) is 3.50. The number of nitrogens with two attached hydrogens (primary N) is 1. The first kappa shape index (κ1) is 14.8. The molecule has 3 heteroatoms. The molecule has 0 heterocycles. The summed E-state index contributed by atoms with van der Waals surface area (Å²) in [4.78, 5) is 12.6. The monoisotopic (exact) mass is 266 g/mol. The lowest BCUT2D eigenvalue weighted by Gasteiger charge is -2.37. The normalized spacial score (nSPS) is 25.8. The molecule has 0 aromatic heterocycles. The predicted octanol–water partition coefficient (Wildman–Crippen LogP) is 2.98. The van der Waals surface area contributed by atoms with Gasteiger partial charge in [-0.25, -0.2) is 0 Å². The third-order valence-corrected chi connectivity index (χ3v) is 5.40. The Kier molecular flexibility index (Phi) is 5.26. The van der Waals surface area contributed by atoms with Gasteiger partial charge in [0.15, 0.2) is 0 Å². The Labute approximate surface area is 117 Å². The first-order chi connectivity index (χ1) is 9.18. The van der Waals surface area contributed by atoms with E-state index in [2.05, 4.69) is 12.2 Å². The zero-order chi connectivity index (χ0) is 13.7. The van der Waals surface area contributed by atoms with Gasteiger partial charge < -0.3 is 11.1 Å². The molecule has 2 aliphatic rings. The molecule has 0 spiro atoms. The van der Waals surface area contributed by atoms with Crippen LogP contribution in [0.15, 0.2) is 0 Å². The molecule has 0 bridgehead atoms. The van der Waals surface area contributed by atoms with Gasteiger partial charge in [0.1, 0.15) is 0 Å². The van der Waals surface area contributed by atoms with Crippen molar-refractivity contribution in [2.45, 2.75) is 77.2 Å². The highest BCUT2D eigenvalue weighted by Crippen LogP contribution is 2.36. The van der Waals surface area contributed by atoms with Crippen molar-refractivity contribution < 1.29 is 4.79 Å². The van der Waals surface area contributed by atoms with Crippen molar-refractivity contribution in [2.75, 3.05) is 6.54 Å². The van der Waals surface area contributed by atoms with Crippen molar-refractivity contribution in [3.05, 3.63) is 0 Å². The average molecular weight is 266 g/mol. The van der Waals surface area contributed by atoms with Crippen LogP contribution in [0.2, 0.25) is 0 Å². The van der Waals surface area contributed by atoms with Gasteiger partial charge >= 0.3 is 0 Å².